The standard InChI is InChI=1S/C12H8ClOP.C12H10O.Cl3P.ClH2OP.2ClH.Zn/c13-15-12-8-4-2-6-10(12)9-5-1-3-7-11(9)14-15;13-12-9-5-4-8-11(12)10-6-2-1-3-7-10;1-4(2)3;1-3-2;;;/h1-8H;1-9,13H;;2-3H;2*1H;/q;;;;;;+2/p-2/i;;;2D;;;. The molecule has 0 saturated heterocycles. The van der Waals surface area contributed by atoms with Crippen molar-refractivity contribution in [3.8, 4) is 33.8 Å². The Balaban J connectivity index is 0.000000287. The van der Waals surface area contributed by atoms with Gasteiger partial charge in [0, 0.05) is 16.4 Å². The molecule has 200 valence electrons. The van der Waals surface area contributed by atoms with Crippen LogP contribution in [0.3, 0.4) is 0 Å². The Kier molecular flexibility index (Phi) is 20.1. The van der Waals surface area contributed by atoms with E-state index >= 15 is 0 Å². The molecule has 0 amide bonds. The van der Waals surface area contributed by atoms with Crippen LogP contribution in [0.4, 0.5) is 0 Å². The molecule has 3 nitrogen and oxygen atoms in total. The van der Waals surface area contributed by atoms with Crippen LogP contribution in [0.25, 0.3) is 22.3 Å². The molecular weight excluding hydrogens is 743 g/mol. The Morgan fingerprint density at radius 1 is 0.763 bits per heavy atom. The maximum absolute atomic E-state index is 9.56. The molecule has 1 aliphatic rings. The first-order chi connectivity index (χ1) is 18.8. The van der Waals surface area contributed by atoms with Crippen molar-refractivity contribution in [2.45, 2.75) is 0 Å². The zero-order valence-electron chi connectivity index (χ0n) is 20.3. The molecule has 5 rings (SSSR count). The summed E-state index contributed by atoms with van der Waals surface area (Å²) in [7, 11) is 8.66. The minimum atomic E-state index is -1.20. The van der Waals surface area contributed by atoms with Crippen LogP contribution in [0.1, 0.15) is 0 Å². The van der Waals surface area contributed by atoms with Gasteiger partial charge in [-0.1, -0.05) is 130 Å². The number of hydrogen-bond donors (Lipinski definition) is 2. The SMILES string of the molecule is ClP(Cl)Cl.ClP1Oc2ccccc2-c2ccccc21.Oc1ccccc1-c1ccccc1.[2H]OPCl.[Cl][Zn][Cl]. The average Bonchev–Trinajstić information content (AvgIpc) is 2.95. The van der Waals surface area contributed by atoms with Gasteiger partial charge < -0.3 is 14.5 Å². The van der Waals surface area contributed by atoms with E-state index in [1.165, 1.54) is 5.56 Å². The van der Waals surface area contributed by atoms with Gasteiger partial charge in [-0.15, -0.1) is 0 Å². The molecule has 0 spiro atoms. The van der Waals surface area contributed by atoms with E-state index in [1.807, 2.05) is 84.9 Å². The molecular formula is C24H20Cl7O3P3Zn. The Bertz CT molecular complexity index is 1220. The van der Waals surface area contributed by atoms with Crippen LogP contribution in [-0.4, -0.2) is 11.4 Å². The van der Waals surface area contributed by atoms with Gasteiger partial charge in [-0.05, 0) is 40.6 Å². The summed E-state index contributed by atoms with van der Waals surface area (Å²) in [5, 5.41) is 10.7. The van der Waals surface area contributed by atoms with Crippen molar-refractivity contribution >= 4 is 103 Å². The first kappa shape index (κ1) is 34.6. The van der Waals surface area contributed by atoms with Gasteiger partial charge in [0.15, 0.2) is 5.98 Å². The zero-order valence-corrected chi connectivity index (χ0v) is 30.4. The summed E-state index contributed by atoms with van der Waals surface area (Å²) in [4.78, 5) is 3.58. The molecule has 0 fully saturated rings. The van der Waals surface area contributed by atoms with Gasteiger partial charge in [0.25, 0.3) is 0 Å². The molecule has 2 N–H and O–H groups in total. The summed E-state index contributed by atoms with van der Waals surface area (Å²) in [6.45, 7) is 0. The fourth-order valence-electron chi connectivity index (χ4n) is 3.09. The number of para-hydroxylation sites is 2. The predicted molar refractivity (Wildman–Crippen MR) is 171 cm³/mol. The Morgan fingerprint density at radius 3 is 1.76 bits per heavy atom. The van der Waals surface area contributed by atoms with Crippen LogP contribution in [0.5, 0.6) is 11.5 Å². The van der Waals surface area contributed by atoms with Crippen molar-refractivity contribution in [2.75, 3.05) is 0 Å². The second-order valence-corrected chi connectivity index (χ2v) is 18.9. The number of fused-ring (bicyclic) bond motifs is 3. The van der Waals surface area contributed by atoms with Crippen LogP contribution in [-0.2, 0) is 15.1 Å². The van der Waals surface area contributed by atoms with Gasteiger partial charge in [0.1, 0.15) is 19.7 Å². The number of benzene rings is 4. The quantitative estimate of drug-likeness (QED) is 0.158. The fraction of sp³-hybridized carbons (Fsp3) is 0. The maximum atomic E-state index is 9.56. The van der Waals surface area contributed by atoms with E-state index in [2.05, 4.69) is 17.0 Å². The third-order valence-corrected chi connectivity index (χ3v) is 6.32. The molecule has 1 aliphatic heterocycles. The molecule has 4 aromatic rings. The van der Waals surface area contributed by atoms with Crippen LogP contribution in [0.2, 0.25) is 0 Å². The molecule has 1 heterocycles. The summed E-state index contributed by atoms with van der Waals surface area (Å²) in [5.74, 6) is 0.0102. The van der Waals surface area contributed by atoms with Crippen LogP contribution in [0, 0.1) is 0 Å². The first-order valence-electron chi connectivity index (χ1n) is 10.7. The molecule has 38 heavy (non-hydrogen) atoms. The Labute approximate surface area is 268 Å². The van der Waals surface area contributed by atoms with Crippen molar-refractivity contribution in [2.24, 2.45) is 0 Å². The molecule has 4 aromatic carbocycles. The summed E-state index contributed by atoms with van der Waals surface area (Å²) in [5.41, 5.74) is 4.25. The minimum absolute atomic E-state index is 0.221. The number of phenols is 1. The van der Waals surface area contributed by atoms with Crippen molar-refractivity contribution in [1.29, 1.82) is 1.43 Å². The van der Waals surface area contributed by atoms with Crippen molar-refractivity contribution in [3.63, 3.8) is 0 Å². The molecule has 14 heteroatoms. The van der Waals surface area contributed by atoms with E-state index in [1.54, 1.807) is 6.07 Å². The van der Waals surface area contributed by atoms with Crippen LogP contribution >= 0.6 is 97.2 Å². The number of halogens is 7. The molecule has 0 bridgehead atoms. The molecule has 0 saturated carbocycles. The number of hydrogen-bond acceptors (Lipinski definition) is 3. The summed E-state index contributed by atoms with van der Waals surface area (Å²) in [6.07, 6.45) is 0. The van der Waals surface area contributed by atoms with Crippen molar-refractivity contribution < 1.29 is 29.7 Å². The van der Waals surface area contributed by atoms with E-state index in [9.17, 15) is 5.11 Å². The van der Waals surface area contributed by atoms with Crippen LogP contribution < -0.4 is 9.83 Å². The van der Waals surface area contributed by atoms with Gasteiger partial charge in [-0.3, -0.25) is 0 Å². The molecule has 0 aromatic heterocycles. The van der Waals surface area contributed by atoms with Crippen molar-refractivity contribution in [1.82, 2.24) is 0 Å². The molecule has 2 unspecified atom stereocenters. The summed E-state index contributed by atoms with van der Waals surface area (Å²) < 4.78 is 11.5. The first-order valence-corrected chi connectivity index (χ1v) is 26.3. The Morgan fingerprint density at radius 2 is 1.21 bits per heavy atom. The van der Waals surface area contributed by atoms with Gasteiger partial charge in [0.05, 0.1) is 0 Å². The predicted octanol–water partition coefficient (Wildman–Crippen LogP) is 12.0. The van der Waals surface area contributed by atoms with Crippen molar-refractivity contribution in [3.05, 3.63) is 103 Å². The molecule has 0 radical (unpaired) electrons. The molecule has 2 atom stereocenters. The Hall–Kier alpha value is 0.383. The second kappa shape index (κ2) is 22.0. The normalized spacial score (nSPS) is 12.6. The van der Waals surface area contributed by atoms with E-state index < -0.39 is 28.6 Å². The summed E-state index contributed by atoms with van der Waals surface area (Å²) >= 11 is 24.7. The molecule has 0 aliphatic carbocycles. The number of aromatic hydroxyl groups is 1. The van der Waals surface area contributed by atoms with Gasteiger partial charge in [0.2, 0.25) is 8.93 Å². The van der Waals surface area contributed by atoms with E-state index in [4.69, 9.17) is 81.5 Å². The average molecular weight is 764 g/mol. The van der Waals surface area contributed by atoms with Crippen LogP contribution in [0.15, 0.2) is 103 Å². The van der Waals surface area contributed by atoms with Gasteiger partial charge in [-0.25, -0.2) is 0 Å². The van der Waals surface area contributed by atoms with E-state index in [-0.39, 0.29) is 8.16 Å². The number of rotatable bonds is 2. The fourth-order valence-corrected chi connectivity index (χ4v) is 4.78. The zero-order chi connectivity index (χ0) is 29.0. The second-order valence-electron chi connectivity index (χ2n) is 6.60. The van der Waals surface area contributed by atoms with Gasteiger partial charge >= 0.3 is 34.5 Å². The topological polar surface area (TPSA) is 49.7 Å². The third-order valence-electron chi connectivity index (χ3n) is 4.44. The monoisotopic (exact) mass is 759 g/mol. The van der Waals surface area contributed by atoms with E-state index in [0.29, 0.717) is 5.75 Å². The number of phenolic OH excluding ortho intramolecular Hbond substituents is 1. The third kappa shape index (κ3) is 13.8. The van der Waals surface area contributed by atoms with E-state index in [0.717, 1.165) is 27.7 Å². The van der Waals surface area contributed by atoms with Gasteiger partial charge in [-0.2, -0.15) is 0 Å². The summed E-state index contributed by atoms with van der Waals surface area (Å²) in [6, 6.07) is 33.3.